The zero-order valence-corrected chi connectivity index (χ0v) is 10.6. The predicted molar refractivity (Wildman–Crippen MR) is 74.6 cm³/mol. The van der Waals surface area contributed by atoms with Crippen LogP contribution >= 0.6 is 11.6 Å². The van der Waals surface area contributed by atoms with E-state index in [-0.39, 0.29) is 0 Å². The Balaban J connectivity index is 2.17. The lowest BCUT2D eigenvalue weighted by Gasteiger charge is -2.02. The summed E-state index contributed by atoms with van der Waals surface area (Å²) < 4.78 is 5.32. The molecule has 0 radical (unpaired) electrons. The highest BCUT2D eigenvalue weighted by Crippen LogP contribution is 2.36. The van der Waals surface area contributed by atoms with E-state index in [0.29, 0.717) is 16.6 Å². The Bertz CT molecular complexity index is 692. The van der Waals surface area contributed by atoms with Crippen molar-refractivity contribution in [3.05, 3.63) is 53.8 Å². The van der Waals surface area contributed by atoms with Gasteiger partial charge in [-0.3, -0.25) is 4.98 Å². The normalized spacial score (nSPS) is 10.6. The molecule has 2 N–H and O–H groups in total. The molecule has 0 atom stereocenters. The first-order valence-electron chi connectivity index (χ1n) is 5.67. The number of benzene rings is 1. The van der Waals surface area contributed by atoms with Crippen molar-refractivity contribution in [2.75, 3.05) is 5.73 Å². The van der Waals surface area contributed by atoms with Crippen LogP contribution in [0.25, 0.3) is 22.5 Å². The molecule has 0 spiro atoms. The average molecular weight is 272 g/mol. The summed E-state index contributed by atoms with van der Waals surface area (Å²) in [7, 11) is 0. The number of rotatable bonds is 2. The molecule has 0 fully saturated rings. The maximum Gasteiger partial charge on any atom is 0.178 e. The van der Waals surface area contributed by atoms with Crippen LogP contribution in [0.4, 0.5) is 5.82 Å². The highest BCUT2D eigenvalue weighted by Gasteiger charge is 2.17. The minimum atomic E-state index is 0.348. The summed E-state index contributed by atoms with van der Waals surface area (Å²) in [6.45, 7) is 0. The van der Waals surface area contributed by atoms with Crippen LogP contribution in [0.5, 0.6) is 0 Å². The Morgan fingerprint density at radius 1 is 1.05 bits per heavy atom. The Kier molecular flexibility index (Phi) is 2.93. The molecular formula is C14H10ClN3O. The van der Waals surface area contributed by atoms with Crippen LogP contribution in [0.1, 0.15) is 0 Å². The summed E-state index contributed by atoms with van der Waals surface area (Å²) in [4.78, 5) is 4.07. The fraction of sp³-hybridized carbons (Fsp3) is 0. The van der Waals surface area contributed by atoms with E-state index >= 15 is 0 Å². The van der Waals surface area contributed by atoms with Gasteiger partial charge in [-0.15, -0.1) is 0 Å². The van der Waals surface area contributed by atoms with E-state index in [1.807, 2.05) is 24.3 Å². The number of nitrogen functional groups attached to an aromatic ring is 1. The molecule has 0 saturated heterocycles. The minimum absolute atomic E-state index is 0.348. The van der Waals surface area contributed by atoms with Crippen LogP contribution in [0.3, 0.4) is 0 Å². The molecule has 0 unspecified atom stereocenters. The van der Waals surface area contributed by atoms with Gasteiger partial charge in [-0.05, 0) is 29.8 Å². The topological polar surface area (TPSA) is 64.9 Å². The van der Waals surface area contributed by atoms with Gasteiger partial charge < -0.3 is 10.3 Å². The molecule has 94 valence electrons. The summed E-state index contributed by atoms with van der Waals surface area (Å²) in [5, 5.41) is 4.50. The van der Waals surface area contributed by atoms with Crippen molar-refractivity contribution < 1.29 is 4.52 Å². The van der Waals surface area contributed by atoms with Crippen molar-refractivity contribution in [1.82, 2.24) is 10.1 Å². The Morgan fingerprint density at radius 2 is 1.84 bits per heavy atom. The van der Waals surface area contributed by atoms with E-state index in [9.17, 15) is 0 Å². The number of pyridine rings is 1. The molecule has 1 aromatic carbocycles. The minimum Gasteiger partial charge on any atom is -0.380 e. The molecule has 0 saturated carbocycles. The lowest BCUT2D eigenvalue weighted by molar-refractivity contribution is 0.436. The zero-order chi connectivity index (χ0) is 13.2. The quantitative estimate of drug-likeness (QED) is 0.773. The molecule has 0 aliphatic carbocycles. The number of aromatic nitrogens is 2. The third-order valence-corrected chi connectivity index (χ3v) is 3.03. The van der Waals surface area contributed by atoms with Gasteiger partial charge in [0.25, 0.3) is 0 Å². The van der Waals surface area contributed by atoms with Crippen molar-refractivity contribution in [3.8, 4) is 22.5 Å². The molecule has 0 aliphatic heterocycles. The molecular weight excluding hydrogens is 262 g/mol. The van der Waals surface area contributed by atoms with Crippen LogP contribution in [0, 0.1) is 0 Å². The van der Waals surface area contributed by atoms with Crippen LogP contribution in [0.15, 0.2) is 53.3 Å². The number of hydrogen-bond acceptors (Lipinski definition) is 4. The van der Waals surface area contributed by atoms with Crippen molar-refractivity contribution in [2.45, 2.75) is 0 Å². The molecule has 3 aromatic rings. The molecule has 3 rings (SSSR count). The zero-order valence-electron chi connectivity index (χ0n) is 9.88. The molecule has 4 nitrogen and oxygen atoms in total. The first-order chi connectivity index (χ1) is 9.25. The second kappa shape index (κ2) is 4.74. The third kappa shape index (κ3) is 2.18. The van der Waals surface area contributed by atoms with Crippen LogP contribution in [-0.2, 0) is 0 Å². The summed E-state index contributed by atoms with van der Waals surface area (Å²) in [5.74, 6) is 0.953. The summed E-state index contributed by atoms with van der Waals surface area (Å²) in [6.07, 6.45) is 3.41. The number of halogens is 1. The monoisotopic (exact) mass is 271 g/mol. The largest absolute Gasteiger partial charge is 0.380 e. The van der Waals surface area contributed by atoms with Crippen molar-refractivity contribution in [3.63, 3.8) is 0 Å². The summed E-state index contributed by atoms with van der Waals surface area (Å²) in [6, 6.07) is 11.1. The molecule has 0 aliphatic rings. The lowest BCUT2D eigenvalue weighted by Crippen LogP contribution is -1.88. The highest BCUT2D eigenvalue weighted by atomic mass is 35.5. The van der Waals surface area contributed by atoms with Gasteiger partial charge >= 0.3 is 0 Å². The molecule has 5 heteroatoms. The Labute approximate surface area is 114 Å². The van der Waals surface area contributed by atoms with Gasteiger partial charge in [0.15, 0.2) is 11.6 Å². The Hall–Kier alpha value is -2.33. The standard InChI is InChI=1S/C14H10ClN3O/c15-11-5-3-9(4-6-11)12-13(19-18-14(12)16)10-2-1-7-17-8-10/h1-8H,(H2,16,18). The number of nitrogens with zero attached hydrogens (tertiary/aromatic N) is 2. The first-order valence-corrected chi connectivity index (χ1v) is 6.05. The summed E-state index contributed by atoms with van der Waals surface area (Å²) in [5.41, 5.74) is 8.38. The second-order valence-electron chi connectivity index (χ2n) is 4.02. The van der Waals surface area contributed by atoms with Crippen LogP contribution < -0.4 is 5.73 Å². The van der Waals surface area contributed by atoms with Crippen molar-refractivity contribution in [1.29, 1.82) is 0 Å². The third-order valence-electron chi connectivity index (χ3n) is 2.78. The van der Waals surface area contributed by atoms with Gasteiger partial charge in [0.05, 0.1) is 5.56 Å². The van der Waals surface area contributed by atoms with E-state index < -0.39 is 0 Å². The molecule has 0 amide bonds. The smallest absolute Gasteiger partial charge is 0.178 e. The predicted octanol–water partition coefficient (Wildman–Crippen LogP) is 3.64. The van der Waals surface area contributed by atoms with Gasteiger partial charge in [0.1, 0.15) is 0 Å². The van der Waals surface area contributed by atoms with Crippen LogP contribution in [-0.4, -0.2) is 10.1 Å². The maximum absolute atomic E-state index is 5.89. The molecule has 2 heterocycles. The maximum atomic E-state index is 5.89. The van der Waals surface area contributed by atoms with Gasteiger partial charge in [0.2, 0.25) is 0 Å². The first kappa shape index (κ1) is 11.7. The van der Waals surface area contributed by atoms with Crippen LogP contribution in [0.2, 0.25) is 5.02 Å². The van der Waals surface area contributed by atoms with Gasteiger partial charge in [0, 0.05) is 23.0 Å². The SMILES string of the molecule is Nc1noc(-c2cccnc2)c1-c1ccc(Cl)cc1. The number of anilines is 1. The molecule has 19 heavy (non-hydrogen) atoms. The molecule has 2 aromatic heterocycles. The van der Waals surface area contributed by atoms with Crippen molar-refractivity contribution >= 4 is 17.4 Å². The summed E-state index contributed by atoms with van der Waals surface area (Å²) >= 11 is 5.89. The van der Waals surface area contributed by atoms with E-state index in [4.69, 9.17) is 21.9 Å². The van der Waals surface area contributed by atoms with Gasteiger partial charge in [-0.1, -0.05) is 28.9 Å². The van der Waals surface area contributed by atoms with E-state index in [1.165, 1.54) is 0 Å². The fourth-order valence-electron chi connectivity index (χ4n) is 1.89. The fourth-order valence-corrected chi connectivity index (χ4v) is 2.02. The van der Waals surface area contributed by atoms with E-state index in [1.54, 1.807) is 24.5 Å². The van der Waals surface area contributed by atoms with E-state index in [0.717, 1.165) is 16.7 Å². The van der Waals surface area contributed by atoms with Gasteiger partial charge in [-0.25, -0.2) is 0 Å². The van der Waals surface area contributed by atoms with Crippen molar-refractivity contribution in [2.24, 2.45) is 0 Å². The second-order valence-corrected chi connectivity index (χ2v) is 4.46. The van der Waals surface area contributed by atoms with E-state index in [2.05, 4.69) is 10.1 Å². The highest BCUT2D eigenvalue weighted by molar-refractivity contribution is 6.30. The molecule has 0 bridgehead atoms. The number of nitrogens with two attached hydrogens (primary N) is 1. The van der Waals surface area contributed by atoms with Gasteiger partial charge in [-0.2, -0.15) is 0 Å². The lowest BCUT2D eigenvalue weighted by atomic mass is 10.0. The Morgan fingerprint density at radius 3 is 2.53 bits per heavy atom. The number of hydrogen-bond donors (Lipinski definition) is 1. The average Bonchev–Trinajstić information content (AvgIpc) is 2.83.